The van der Waals surface area contributed by atoms with E-state index in [2.05, 4.69) is 22.5 Å². The van der Waals surface area contributed by atoms with Gasteiger partial charge in [-0.3, -0.25) is 9.89 Å². The molecule has 3 rings (SSSR count). The predicted molar refractivity (Wildman–Crippen MR) is 129 cm³/mol. The number of halogens is 2. The third-order valence-corrected chi connectivity index (χ3v) is 6.11. The minimum absolute atomic E-state index is 0. The summed E-state index contributed by atoms with van der Waals surface area (Å²) < 4.78 is 24.8. The third kappa shape index (κ3) is 6.20. The molecule has 6 nitrogen and oxygen atoms in total. The maximum absolute atomic E-state index is 14.1. The first-order valence-electron chi connectivity index (χ1n) is 10.8. The topological polar surface area (TPSA) is 58.1 Å². The summed E-state index contributed by atoms with van der Waals surface area (Å²) in [4.78, 5) is 7.57. The first-order valence-corrected chi connectivity index (χ1v) is 10.8. The van der Waals surface area contributed by atoms with Crippen LogP contribution in [0.2, 0.25) is 0 Å². The van der Waals surface area contributed by atoms with Gasteiger partial charge >= 0.3 is 0 Å². The summed E-state index contributed by atoms with van der Waals surface area (Å²) in [5, 5.41) is 6.77. The normalized spacial score (nSPS) is 20.3. The van der Waals surface area contributed by atoms with Crippen LogP contribution in [0, 0.1) is 5.82 Å². The fraction of sp³-hybridized carbons (Fsp3) is 0.682. The van der Waals surface area contributed by atoms with E-state index < -0.39 is 0 Å². The molecule has 30 heavy (non-hydrogen) atoms. The zero-order valence-electron chi connectivity index (χ0n) is 18.4. The fourth-order valence-corrected chi connectivity index (χ4v) is 4.30. The number of methoxy groups -OCH3 is 1. The number of likely N-dealkylation sites (tertiary alicyclic amines) is 1. The number of benzene rings is 1. The van der Waals surface area contributed by atoms with E-state index >= 15 is 0 Å². The Morgan fingerprint density at radius 2 is 2.00 bits per heavy atom. The quantitative estimate of drug-likeness (QED) is 0.318. The van der Waals surface area contributed by atoms with Crippen molar-refractivity contribution < 1.29 is 13.9 Å². The molecule has 0 radical (unpaired) electrons. The molecule has 2 aliphatic heterocycles. The monoisotopic (exact) mass is 534 g/mol. The van der Waals surface area contributed by atoms with E-state index in [1.54, 1.807) is 6.07 Å². The molecular weight excluding hydrogens is 498 g/mol. The Labute approximate surface area is 197 Å². The SMILES string of the molecule is CCNC(=NCC1(N2CCCC2)CCOCC1)NC(C)c1ccc(OC)c(F)c1.I. The van der Waals surface area contributed by atoms with Crippen LogP contribution in [0.4, 0.5) is 4.39 Å². The molecule has 0 spiro atoms. The zero-order chi connectivity index (χ0) is 20.7. The Bertz CT molecular complexity index is 692. The molecule has 2 fully saturated rings. The van der Waals surface area contributed by atoms with Crippen molar-refractivity contribution in [2.45, 2.75) is 51.1 Å². The average molecular weight is 534 g/mol. The van der Waals surface area contributed by atoms with Gasteiger partial charge < -0.3 is 20.1 Å². The molecule has 0 aliphatic carbocycles. The van der Waals surface area contributed by atoms with Crippen LogP contribution in [0.25, 0.3) is 0 Å². The van der Waals surface area contributed by atoms with Crippen LogP contribution in [0.1, 0.15) is 51.1 Å². The van der Waals surface area contributed by atoms with Gasteiger partial charge in [0.05, 0.1) is 19.7 Å². The van der Waals surface area contributed by atoms with E-state index in [-0.39, 0.29) is 47.1 Å². The third-order valence-electron chi connectivity index (χ3n) is 6.11. The van der Waals surface area contributed by atoms with Crippen molar-refractivity contribution in [3.8, 4) is 5.75 Å². The van der Waals surface area contributed by atoms with Gasteiger partial charge in [0.15, 0.2) is 17.5 Å². The molecule has 0 amide bonds. The molecule has 0 bridgehead atoms. The fourth-order valence-electron chi connectivity index (χ4n) is 4.30. The van der Waals surface area contributed by atoms with Gasteiger partial charge in [0.1, 0.15) is 0 Å². The van der Waals surface area contributed by atoms with Crippen molar-refractivity contribution in [3.05, 3.63) is 29.6 Å². The molecule has 1 unspecified atom stereocenters. The molecule has 2 heterocycles. The molecular formula is C22H36FIN4O2. The molecule has 2 saturated heterocycles. The van der Waals surface area contributed by atoms with Crippen molar-refractivity contribution in [2.24, 2.45) is 4.99 Å². The summed E-state index contributed by atoms with van der Waals surface area (Å²) in [5.41, 5.74) is 0.946. The van der Waals surface area contributed by atoms with Crippen LogP contribution >= 0.6 is 24.0 Å². The lowest BCUT2D eigenvalue weighted by atomic mass is 9.88. The van der Waals surface area contributed by atoms with Gasteiger partial charge in [0.2, 0.25) is 0 Å². The van der Waals surface area contributed by atoms with Crippen molar-refractivity contribution in [3.63, 3.8) is 0 Å². The van der Waals surface area contributed by atoms with E-state index in [0.717, 1.165) is 63.8 Å². The molecule has 0 saturated carbocycles. The average Bonchev–Trinajstić information content (AvgIpc) is 3.28. The summed E-state index contributed by atoms with van der Waals surface area (Å²) in [6.45, 7) is 9.50. The summed E-state index contributed by atoms with van der Waals surface area (Å²) in [6.07, 6.45) is 4.58. The molecule has 1 atom stereocenters. The lowest BCUT2D eigenvalue weighted by molar-refractivity contribution is -0.0139. The smallest absolute Gasteiger partial charge is 0.191 e. The summed E-state index contributed by atoms with van der Waals surface area (Å²) in [5.74, 6) is 0.672. The number of hydrogen-bond donors (Lipinski definition) is 2. The van der Waals surface area contributed by atoms with Crippen LogP contribution in [0.15, 0.2) is 23.2 Å². The molecule has 2 N–H and O–H groups in total. The highest BCUT2D eigenvalue weighted by Crippen LogP contribution is 2.31. The van der Waals surface area contributed by atoms with Crippen LogP contribution in [-0.4, -0.2) is 62.9 Å². The largest absolute Gasteiger partial charge is 0.494 e. The highest BCUT2D eigenvalue weighted by Gasteiger charge is 2.39. The van der Waals surface area contributed by atoms with Crippen molar-refractivity contribution in [2.75, 3.05) is 46.5 Å². The van der Waals surface area contributed by atoms with Crippen LogP contribution in [0.5, 0.6) is 5.75 Å². The number of aliphatic imine (C=N–C) groups is 1. The van der Waals surface area contributed by atoms with Crippen molar-refractivity contribution >= 4 is 29.9 Å². The number of hydrogen-bond acceptors (Lipinski definition) is 4. The van der Waals surface area contributed by atoms with Gasteiger partial charge in [-0.25, -0.2) is 4.39 Å². The van der Waals surface area contributed by atoms with Crippen LogP contribution in [0.3, 0.4) is 0 Å². The maximum atomic E-state index is 14.1. The van der Waals surface area contributed by atoms with Crippen molar-refractivity contribution in [1.82, 2.24) is 15.5 Å². The highest BCUT2D eigenvalue weighted by atomic mass is 127. The van der Waals surface area contributed by atoms with Gasteiger partial charge in [-0.1, -0.05) is 6.07 Å². The first kappa shape index (κ1) is 25.1. The Morgan fingerprint density at radius 1 is 1.30 bits per heavy atom. The van der Waals surface area contributed by atoms with E-state index in [4.69, 9.17) is 14.5 Å². The Kier molecular flexibility index (Phi) is 10.1. The Balaban J connectivity index is 0.00000320. The second-order valence-corrected chi connectivity index (χ2v) is 7.99. The lowest BCUT2D eigenvalue weighted by Crippen LogP contribution is -2.54. The predicted octanol–water partition coefficient (Wildman–Crippen LogP) is 3.71. The summed E-state index contributed by atoms with van der Waals surface area (Å²) in [6, 6.07) is 4.99. The van der Waals surface area contributed by atoms with Crippen LogP contribution < -0.4 is 15.4 Å². The Hall–Kier alpha value is -1.13. The lowest BCUT2D eigenvalue weighted by Gasteiger charge is -2.43. The standard InChI is InChI=1S/C22H35FN4O2.HI/c1-4-24-21(26-17(2)18-7-8-20(28-3)19(23)15-18)25-16-22(9-13-29-14-10-22)27-11-5-6-12-27;/h7-8,15,17H,4-6,9-14,16H2,1-3H3,(H2,24,25,26);1H. The molecule has 170 valence electrons. The number of nitrogens with one attached hydrogen (secondary N) is 2. The molecule has 8 heteroatoms. The maximum Gasteiger partial charge on any atom is 0.191 e. The van der Waals surface area contributed by atoms with E-state index in [1.165, 1.54) is 26.0 Å². The molecule has 1 aromatic carbocycles. The van der Waals surface area contributed by atoms with Gasteiger partial charge in [-0.2, -0.15) is 0 Å². The summed E-state index contributed by atoms with van der Waals surface area (Å²) >= 11 is 0. The minimum atomic E-state index is -0.351. The highest BCUT2D eigenvalue weighted by molar-refractivity contribution is 14.0. The number of rotatable bonds is 7. The van der Waals surface area contributed by atoms with Gasteiger partial charge in [0, 0.05) is 25.3 Å². The molecule has 0 aromatic heterocycles. The number of guanidine groups is 1. The van der Waals surface area contributed by atoms with Crippen molar-refractivity contribution in [1.29, 1.82) is 0 Å². The van der Waals surface area contributed by atoms with E-state index in [0.29, 0.717) is 0 Å². The molecule has 1 aromatic rings. The number of ether oxygens (including phenoxy) is 2. The minimum Gasteiger partial charge on any atom is -0.494 e. The summed E-state index contributed by atoms with van der Waals surface area (Å²) in [7, 11) is 1.47. The van der Waals surface area contributed by atoms with E-state index in [9.17, 15) is 4.39 Å². The van der Waals surface area contributed by atoms with Crippen LogP contribution in [-0.2, 0) is 4.74 Å². The molecule has 2 aliphatic rings. The Morgan fingerprint density at radius 3 is 2.60 bits per heavy atom. The van der Waals surface area contributed by atoms with Gasteiger partial charge in [-0.15, -0.1) is 24.0 Å². The van der Waals surface area contributed by atoms with Gasteiger partial charge in [-0.05, 0) is 70.3 Å². The first-order chi connectivity index (χ1) is 14.1. The number of nitrogens with zero attached hydrogens (tertiary/aromatic N) is 2. The van der Waals surface area contributed by atoms with Gasteiger partial charge in [0.25, 0.3) is 0 Å². The second kappa shape index (κ2) is 12.0. The zero-order valence-corrected chi connectivity index (χ0v) is 20.7. The van der Waals surface area contributed by atoms with E-state index in [1.807, 2.05) is 13.0 Å². The second-order valence-electron chi connectivity index (χ2n) is 7.99.